The van der Waals surface area contributed by atoms with Crippen molar-refractivity contribution < 1.29 is 9.59 Å². The van der Waals surface area contributed by atoms with Crippen molar-refractivity contribution in [2.75, 3.05) is 33.2 Å². The molecule has 0 unspecified atom stereocenters. The summed E-state index contributed by atoms with van der Waals surface area (Å²) in [6.45, 7) is 2.56. The second-order valence-corrected chi connectivity index (χ2v) is 6.27. The molecule has 1 atom stereocenters. The number of nitrogens with zero attached hydrogens (tertiary/aromatic N) is 3. The van der Waals surface area contributed by atoms with Gasteiger partial charge in [0.2, 0.25) is 5.91 Å². The molecule has 2 aliphatic rings. The van der Waals surface area contributed by atoms with Gasteiger partial charge in [-0.15, -0.1) is 0 Å². The van der Waals surface area contributed by atoms with Crippen LogP contribution in [0.5, 0.6) is 0 Å². The number of aromatic amines is 1. The Kier molecular flexibility index (Phi) is 4.16. The number of rotatable bonds is 1. The van der Waals surface area contributed by atoms with E-state index in [9.17, 15) is 14.4 Å². The second-order valence-electron chi connectivity index (χ2n) is 6.27. The van der Waals surface area contributed by atoms with Crippen molar-refractivity contribution in [1.29, 1.82) is 0 Å². The minimum Gasteiger partial charge on any atom is -0.356 e. The van der Waals surface area contributed by atoms with Crippen LogP contribution in [0, 0.1) is 0 Å². The lowest BCUT2D eigenvalue weighted by atomic mass is 9.86. The highest BCUT2D eigenvalue weighted by atomic mass is 16.2. The summed E-state index contributed by atoms with van der Waals surface area (Å²) in [6, 6.07) is 0. The summed E-state index contributed by atoms with van der Waals surface area (Å²) in [6.07, 6.45) is 4.50. The summed E-state index contributed by atoms with van der Waals surface area (Å²) in [5.41, 5.74) is -0.271. The van der Waals surface area contributed by atoms with E-state index in [0.29, 0.717) is 26.1 Å². The van der Waals surface area contributed by atoms with Gasteiger partial charge in [-0.3, -0.25) is 19.3 Å². The Bertz CT molecular complexity index is 653. The predicted molar refractivity (Wildman–Crippen MR) is 83.0 cm³/mol. The van der Waals surface area contributed by atoms with Crippen molar-refractivity contribution in [3.05, 3.63) is 28.4 Å². The zero-order valence-corrected chi connectivity index (χ0v) is 13.2. The molecule has 8 nitrogen and oxygen atoms in total. The molecule has 1 spiro atoms. The summed E-state index contributed by atoms with van der Waals surface area (Å²) in [5.74, 6) is -0.113. The van der Waals surface area contributed by atoms with E-state index < -0.39 is 0 Å². The van der Waals surface area contributed by atoms with E-state index in [2.05, 4.69) is 27.2 Å². The Hall–Kier alpha value is -2.22. The van der Waals surface area contributed by atoms with Gasteiger partial charge in [-0.25, -0.2) is 4.98 Å². The number of carbonyl (C=O) groups is 2. The van der Waals surface area contributed by atoms with Crippen LogP contribution in [0.15, 0.2) is 17.2 Å². The highest BCUT2D eigenvalue weighted by Crippen LogP contribution is 2.30. The van der Waals surface area contributed by atoms with E-state index in [4.69, 9.17) is 0 Å². The van der Waals surface area contributed by atoms with Gasteiger partial charge < -0.3 is 15.2 Å². The van der Waals surface area contributed by atoms with E-state index in [0.717, 1.165) is 25.6 Å². The maximum atomic E-state index is 12.6. The fourth-order valence-electron chi connectivity index (χ4n) is 3.39. The number of H-pyrrole nitrogens is 1. The van der Waals surface area contributed by atoms with Gasteiger partial charge >= 0.3 is 0 Å². The third-order valence-corrected chi connectivity index (χ3v) is 4.91. The molecule has 2 fully saturated rings. The molecule has 3 rings (SSSR count). The van der Waals surface area contributed by atoms with Crippen LogP contribution in [0.3, 0.4) is 0 Å². The van der Waals surface area contributed by atoms with E-state index in [1.165, 1.54) is 6.20 Å². The molecule has 2 amide bonds. The van der Waals surface area contributed by atoms with Gasteiger partial charge in [0.05, 0.1) is 6.20 Å². The standard InChI is InChI=1S/C15H21N5O3/c1-19-6-7-20(14(23)11-8-18-13(22)9-17-11)10-15(19)3-2-12(21)16-5-4-15/h8-9H,2-7,10H2,1H3,(H,16,21)(H,18,22)/t15-/m0/s1. The minimum atomic E-state index is -0.329. The molecule has 3 heterocycles. The third-order valence-electron chi connectivity index (χ3n) is 4.91. The number of piperazine rings is 1. The van der Waals surface area contributed by atoms with Crippen LogP contribution < -0.4 is 10.9 Å². The second kappa shape index (κ2) is 6.11. The first-order valence-electron chi connectivity index (χ1n) is 7.82. The Morgan fingerprint density at radius 1 is 1.30 bits per heavy atom. The number of nitrogens with one attached hydrogen (secondary N) is 2. The SMILES string of the molecule is CN1CCN(C(=O)c2c[nH]c(=O)cn2)C[C@]12CCNC(=O)CC2. The molecular weight excluding hydrogens is 298 g/mol. The molecule has 0 radical (unpaired) electrons. The van der Waals surface area contributed by atoms with Crippen LogP contribution in [0.1, 0.15) is 29.8 Å². The highest BCUT2D eigenvalue weighted by Gasteiger charge is 2.42. The highest BCUT2D eigenvalue weighted by molar-refractivity contribution is 5.92. The molecule has 124 valence electrons. The summed E-state index contributed by atoms with van der Waals surface area (Å²) < 4.78 is 0. The average Bonchev–Trinajstić information content (AvgIpc) is 2.73. The normalized spacial score (nSPS) is 26.0. The Balaban J connectivity index is 1.79. The van der Waals surface area contributed by atoms with E-state index in [1.807, 2.05) is 0 Å². The first-order valence-corrected chi connectivity index (χ1v) is 7.82. The number of likely N-dealkylation sites (N-methyl/N-ethyl adjacent to an activating group) is 1. The Morgan fingerprint density at radius 2 is 2.13 bits per heavy atom. The van der Waals surface area contributed by atoms with Crippen LogP contribution in [0.4, 0.5) is 0 Å². The lowest BCUT2D eigenvalue weighted by molar-refractivity contribution is -0.121. The van der Waals surface area contributed by atoms with E-state index in [-0.39, 0.29) is 28.6 Å². The summed E-state index contributed by atoms with van der Waals surface area (Å²) in [4.78, 5) is 45.8. The molecule has 23 heavy (non-hydrogen) atoms. The Labute approximate surface area is 133 Å². The molecule has 0 bridgehead atoms. The zero-order valence-electron chi connectivity index (χ0n) is 13.2. The molecule has 0 aliphatic carbocycles. The maximum Gasteiger partial charge on any atom is 0.274 e. The minimum absolute atomic E-state index is 0.0704. The fourth-order valence-corrected chi connectivity index (χ4v) is 3.39. The van der Waals surface area contributed by atoms with Crippen molar-refractivity contribution in [3.63, 3.8) is 0 Å². The fraction of sp³-hybridized carbons (Fsp3) is 0.600. The van der Waals surface area contributed by atoms with Crippen molar-refractivity contribution >= 4 is 11.8 Å². The number of aromatic nitrogens is 2. The molecule has 0 saturated carbocycles. The molecule has 1 aromatic rings. The van der Waals surface area contributed by atoms with Crippen LogP contribution in [-0.4, -0.2) is 70.3 Å². The topological polar surface area (TPSA) is 98.4 Å². The van der Waals surface area contributed by atoms with Crippen molar-refractivity contribution in [3.8, 4) is 0 Å². The first kappa shape index (κ1) is 15.7. The van der Waals surface area contributed by atoms with E-state index >= 15 is 0 Å². The monoisotopic (exact) mass is 319 g/mol. The summed E-state index contributed by atoms with van der Waals surface area (Å²) in [5, 5.41) is 2.90. The number of hydrogen-bond donors (Lipinski definition) is 2. The average molecular weight is 319 g/mol. The zero-order chi connectivity index (χ0) is 16.4. The van der Waals surface area contributed by atoms with Crippen LogP contribution >= 0.6 is 0 Å². The van der Waals surface area contributed by atoms with Gasteiger partial charge in [-0.1, -0.05) is 0 Å². The van der Waals surface area contributed by atoms with Crippen LogP contribution in [0.25, 0.3) is 0 Å². The van der Waals surface area contributed by atoms with Gasteiger partial charge in [-0.2, -0.15) is 0 Å². The lowest BCUT2D eigenvalue weighted by Gasteiger charge is -2.49. The number of hydrogen-bond acceptors (Lipinski definition) is 5. The molecule has 0 aromatic carbocycles. The third kappa shape index (κ3) is 3.12. The smallest absolute Gasteiger partial charge is 0.274 e. The van der Waals surface area contributed by atoms with Crippen molar-refractivity contribution in [1.82, 2.24) is 25.1 Å². The van der Waals surface area contributed by atoms with Crippen LogP contribution in [-0.2, 0) is 4.79 Å². The van der Waals surface area contributed by atoms with Crippen molar-refractivity contribution in [2.24, 2.45) is 0 Å². The molecule has 1 aromatic heterocycles. The van der Waals surface area contributed by atoms with Gasteiger partial charge in [0.1, 0.15) is 5.69 Å². The summed E-state index contributed by atoms with van der Waals surface area (Å²) in [7, 11) is 2.05. The quantitative estimate of drug-likeness (QED) is 0.706. The van der Waals surface area contributed by atoms with Gasteiger partial charge in [0.15, 0.2) is 0 Å². The number of carbonyl (C=O) groups excluding carboxylic acids is 2. The lowest BCUT2D eigenvalue weighted by Crippen LogP contribution is -2.62. The van der Waals surface area contributed by atoms with Gasteiger partial charge in [0, 0.05) is 44.3 Å². The molecule has 2 saturated heterocycles. The van der Waals surface area contributed by atoms with Crippen molar-refractivity contribution in [2.45, 2.75) is 24.8 Å². The molecular formula is C15H21N5O3. The summed E-state index contributed by atoms with van der Waals surface area (Å²) >= 11 is 0. The van der Waals surface area contributed by atoms with Gasteiger partial charge in [-0.05, 0) is 19.9 Å². The Morgan fingerprint density at radius 3 is 2.87 bits per heavy atom. The molecule has 2 N–H and O–H groups in total. The molecule has 2 aliphatic heterocycles. The predicted octanol–water partition coefficient (Wildman–Crippen LogP) is -0.804. The first-order chi connectivity index (χ1) is 11.0. The van der Waals surface area contributed by atoms with Crippen LogP contribution in [0.2, 0.25) is 0 Å². The molecule has 8 heteroatoms. The van der Waals surface area contributed by atoms with Gasteiger partial charge in [0.25, 0.3) is 11.5 Å². The van der Waals surface area contributed by atoms with E-state index in [1.54, 1.807) is 4.90 Å². The largest absolute Gasteiger partial charge is 0.356 e. The number of amides is 2. The maximum absolute atomic E-state index is 12.6.